The molecule has 4 nitrogen and oxygen atoms in total. The van der Waals surface area contributed by atoms with Gasteiger partial charge in [-0.15, -0.1) is 0 Å². The first-order valence-corrected chi connectivity index (χ1v) is 6.50. The lowest BCUT2D eigenvalue weighted by Gasteiger charge is -2.20. The lowest BCUT2D eigenvalue weighted by atomic mass is 10.1. The van der Waals surface area contributed by atoms with Gasteiger partial charge in [-0.3, -0.25) is 0 Å². The SMILES string of the molecule is CCOc1cc(N2CCC(COC)C2)ccc1N. The first-order valence-electron chi connectivity index (χ1n) is 6.50. The summed E-state index contributed by atoms with van der Waals surface area (Å²) < 4.78 is 10.8. The van der Waals surface area contributed by atoms with Gasteiger partial charge in [0.25, 0.3) is 0 Å². The summed E-state index contributed by atoms with van der Waals surface area (Å²) in [5, 5.41) is 0. The van der Waals surface area contributed by atoms with Crippen molar-refractivity contribution >= 4 is 11.4 Å². The van der Waals surface area contributed by atoms with Crippen LogP contribution in [0, 0.1) is 5.92 Å². The Labute approximate surface area is 109 Å². The first kappa shape index (κ1) is 13.0. The summed E-state index contributed by atoms with van der Waals surface area (Å²) in [6.07, 6.45) is 1.18. The maximum Gasteiger partial charge on any atom is 0.144 e. The molecule has 2 N–H and O–H groups in total. The normalized spacial score (nSPS) is 19.2. The van der Waals surface area contributed by atoms with Gasteiger partial charge in [0.2, 0.25) is 0 Å². The minimum absolute atomic E-state index is 0.628. The summed E-state index contributed by atoms with van der Waals surface area (Å²) in [7, 11) is 1.76. The Morgan fingerprint density at radius 2 is 2.28 bits per heavy atom. The first-order chi connectivity index (χ1) is 8.74. The number of nitrogen functional groups attached to an aromatic ring is 1. The maximum atomic E-state index is 5.89. The average molecular weight is 250 g/mol. The molecular formula is C14H22N2O2. The molecule has 0 amide bonds. The molecule has 0 bridgehead atoms. The molecule has 1 atom stereocenters. The van der Waals surface area contributed by atoms with Gasteiger partial charge in [0.15, 0.2) is 0 Å². The number of nitrogens with two attached hydrogens (primary N) is 1. The third-order valence-corrected chi connectivity index (χ3v) is 3.35. The number of benzene rings is 1. The predicted octanol–water partition coefficient (Wildman–Crippen LogP) is 2.14. The van der Waals surface area contributed by atoms with Gasteiger partial charge in [0.1, 0.15) is 5.75 Å². The third-order valence-electron chi connectivity index (χ3n) is 3.35. The zero-order valence-electron chi connectivity index (χ0n) is 11.2. The highest BCUT2D eigenvalue weighted by atomic mass is 16.5. The van der Waals surface area contributed by atoms with Crippen LogP contribution in [-0.2, 0) is 4.74 Å². The fourth-order valence-electron chi connectivity index (χ4n) is 2.44. The van der Waals surface area contributed by atoms with Gasteiger partial charge in [-0.05, 0) is 25.5 Å². The van der Waals surface area contributed by atoms with E-state index in [0.717, 1.165) is 25.4 Å². The van der Waals surface area contributed by atoms with Crippen LogP contribution < -0.4 is 15.4 Å². The number of methoxy groups -OCH3 is 1. The Hall–Kier alpha value is -1.42. The van der Waals surface area contributed by atoms with Crippen LogP contribution >= 0.6 is 0 Å². The maximum absolute atomic E-state index is 5.89. The number of hydrogen-bond acceptors (Lipinski definition) is 4. The van der Waals surface area contributed by atoms with Crippen LogP contribution in [0.4, 0.5) is 11.4 Å². The minimum atomic E-state index is 0.628. The van der Waals surface area contributed by atoms with E-state index in [-0.39, 0.29) is 0 Å². The Morgan fingerprint density at radius 1 is 1.44 bits per heavy atom. The van der Waals surface area contributed by atoms with Gasteiger partial charge < -0.3 is 20.1 Å². The Morgan fingerprint density at radius 3 is 3.00 bits per heavy atom. The topological polar surface area (TPSA) is 47.7 Å². The molecule has 1 aliphatic heterocycles. The molecule has 1 aliphatic rings. The van der Waals surface area contributed by atoms with Crippen molar-refractivity contribution in [2.24, 2.45) is 5.92 Å². The van der Waals surface area contributed by atoms with Crippen molar-refractivity contribution in [2.45, 2.75) is 13.3 Å². The molecule has 0 saturated carbocycles. The van der Waals surface area contributed by atoms with E-state index in [1.807, 2.05) is 19.1 Å². The molecule has 1 aromatic carbocycles. The van der Waals surface area contributed by atoms with Crippen molar-refractivity contribution in [3.05, 3.63) is 18.2 Å². The van der Waals surface area contributed by atoms with Crippen molar-refractivity contribution in [1.82, 2.24) is 0 Å². The summed E-state index contributed by atoms with van der Waals surface area (Å²) in [5.41, 5.74) is 7.77. The molecule has 2 rings (SSSR count). The van der Waals surface area contributed by atoms with E-state index in [2.05, 4.69) is 11.0 Å². The zero-order valence-corrected chi connectivity index (χ0v) is 11.2. The summed E-state index contributed by atoms with van der Waals surface area (Å²) in [6.45, 7) is 5.56. The highest BCUT2D eigenvalue weighted by Crippen LogP contribution is 2.30. The Balaban J connectivity index is 2.07. The van der Waals surface area contributed by atoms with Gasteiger partial charge in [0, 0.05) is 37.9 Å². The summed E-state index contributed by atoms with van der Waals surface area (Å²) in [4.78, 5) is 2.37. The molecule has 1 unspecified atom stereocenters. The van der Waals surface area contributed by atoms with Gasteiger partial charge in [-0.25, -0.2) is 0 Å². The second-order valence-corrected chi connectivity index (χ2v) is 4.71. The fraction of sp³-hybridized carbons (Fsp3) is 0.571. The third kappa shape index (κ3) is 2.88. The highest BCUT2D eigenvalue weighted by molar-refractivity contribution is 5.62. The van der Waals surface area contributed by atoms with E-state index in [1.165, 1.54) is 12.1 Å². The molecule has 0 aromatic heterocycles. The summed E-state index contributed by atoms with van der Waals surface area (Å²) in [6, 6.07) is 6.02. The predicted molar refractivity (Wildman–Crippen MR) is 74.2 cm³/mol. The number of anilines is 2. The monoisotopic (exact) mass is 250 g/mol. The molecule has 4 heteroatoms. The van der Waals surface area contributed by atoms with Crippen molar-refractivity contribution in [2.75, 3.05) is 44.0 Å². The molecule has 0 aliphatic carbocycles. The van der Waals surface area contributed by atoms with Crippen LogP contribution in [0.2, 0.25) is 0 Å². The smallest absolute Gasteiger partial charge is 0.144 e. The van der Waals surface area contributed by atoms with Crippen LogP contribution in [0.5, 0.6) is 5.75 Å². The van der Waals surface area contributed by atoms with E-state index in [0.29, 0.717) is 18.2 Å². The van der Waals surface area contributed by atoms with Crippen molar-refractivity contribution < 1.29 is 9.47 Å². The van der Waals surface area contributed by atoms with Crippen LogP contribution in [0.25, 0.3) is 0 Å². The average Bonchev–Trinajstić information content (AvgIpc) is 2.81. The fourth-order valence-corrected chi connectivity index (χ4v) is 2.44. The molecule has 1 heterocycles. The molecule has 1 aromatic rings. The van der Waals surface area contributed by atoms with E-state index in [9.17, 15) is 0 Å². The minimum Gasteiger partial charge on any atom is -0.492 e. The van der Waals surface area contributed by atoms with Gasteiger partial charge in [-0.1, -0.05) is 0 Å². The number of ether oxygens (including phenoxy) is 2. The van der Waals surface area contributed by atoms with Crippen molar-refractivity contribution in [3.8, 4) is 5.75 Å². The molecule has 1 saturated heterocycles. The van der Waals surface area contributed by atoms with E-state index in [1.54, 1.807) is 7.11 Å². The Bertz CT molecular complexity index is 395. The van der Waals surface area contributed by atoms with Crippen molar-refractivity contribution in [3.63, 3.8) is 0 Å². The van der Waals surface area contributed by atoms with Gasteiger partial charge in [-0.2, -0.15) is 0 Å². The van der Waals surface area contributed by atoms with E-state index >= 15 is 0 Å². The van der Waals surface area contributed by atoms with Crippen LogP contribution in [-0.4, -0.2) is 33.4 Å². The summed E-state index contributed by atoms with van der Waals surface area (Å²) >= 11 is 0. The number of nitrogens with zero attached hydrogens (tertiary/aromatic N) is 1. The Kier molecular flexibility index (Phi) is 4.31. The molecular weight excluding hydrogens is 228 g/mol. The van der Waals surface area contributed by atoms with Crippen molar-refractivity contribution in [1.29, 1.82) is 0 Å². The van der Waals surface area contributed by atoms with E-state index < -0.39 is 0 Å². The molecule has 100 valence electrons. The zero-order chi connectivity index (χ0) is 13.0. The second-order valence-electron chi connectivity index (χ2n) is 4.71. The standard InChI is InChI=1S/C14H22N2O2/c1-3-18-14-8-12(4-5-13(14)15)16-7-6-11(9-16)10-17-2/h4-5,8,11H,3,6-7,9-10,15H2,1-2H3. The molecule has 18 heavy (non-hydrogen) atoms. The highest BCUT2D eigenvalue weighted by Gasteiger charge is 2.22. The van der Waals surface area contributed by atoms with Gasteiger partial charge in [0.05, 0.1) is 18.9 Å². The van der Waals surface area contributed by atoms with Crippen LogP contribution in [0.1, 0.15) is 13.3 Å². The van der Waals surface area contributed by atoms with Gasteiger partial charge >= 0.3 is 0 Å². The second kappa shape index (κ2) is 5.96. The quantitative estimate of drug-likeness (QED) is 0.813. The molecule has 0 spiro atoms. The van der Waals surface area contributed by atoms with E-state index in [4.69, 9.17) is 15.2 Å². The molecule has 0 radical (unpaired) electrons. The summed E-state index contributed by atoms with van der Waals surface area (Å²) in [5.74, 6) is 1.41. The lowest BCUT2D eigenvalue weighted by molar-refractivity contribution is 0.161. The lowest BCUT2D eigenvalue weighted by Crippen LogP contribution is -2.21. The van der Waals surface area contributed by atoms with Crippen LogP contribution in [0.15, 0.2) is 18.2 Å². The number of hydrogen-bond donors (Lipinski definition) is 1. The van der Waals surface area contributed by atoms with Crippen LogP contribution in [0.3, 0.4) is 0 Å². The molecule has 1 fully saturated rings. The largest absolute Gasteiger partial charge is 0.492 e. The number of rotatable bonds is 5.